The van der Waals surface area contributed by atoms with Crippen LogP contribution in [0, 0.1) is 0 Å². The van der Waals surface area contributed by atoms with Gasteiger partial charge in [0.1, 0.15) is 5.75 Å². The van der Waals surface area contributed by atoms with Gasteiger partial charge in [0.15, 0.2) is 0 Å². The molecule has 1 N–H and O–H groups in total. The lowest BCUT2D eigenvalue weighted by Crippen LogP contribution is -2.29. The Bertz CT molecular complexity index is 438. The highest BCUT2D eigenvalue weighted by molar-refractivity contribution is 9.10. The average molecular weight is 328 g/mol. The summed E-state index contributed by atoms with van der Waals surface area (Å²) in [6.45, 7) is 1.67. The lowest BCUT2D eigenvalue weighted by molar-refractivity contribution is -0.130. The Morgan fingerprint density at radius 1 is 1.47 bits per heavy atom. The first-order chi connectivity index (χ1) is 9.16. The van der Waals surface area contributed by atoms with Crippen molar-refractivity contribution in [3.8, 4) is 5.75 Å². The fourth-order valence-electron chi connectivity index (χ4n) is 2.09. The Labute approximate surface area is 121 Å². The van der Waals surface area contributed by atoms with Crippen molar-refractivity contribution in [2.75, 3.05) is 19.7 Å². The van der Waals surface area contributed by atoms with Gasteiger partial charge in [-0.2, -0.15) is 0 Å². The van der Waals surface area contributed by atoms with Gasteiger partial charge in [-0.1, -0.05) is 12.1 Å². The molecule has 0 bridgehead atoms. The van der Waals surface area contributed by atoms with E-state index >= 15 is 0 Å². The zero-order chi connectivity index (χ0) is 13.7. The highest BCUT2D eigenvalue weighted by Gasteiger charge is 2.23. The minimum absolute atomic E-state index is 0.104. The van der Waals surface area contributed by atoms with Gasteiger partial charge in [-0.05, 0) is 40.9 Å². The number of amides is 1. The number of para-hydroxylation sites is 1. The highest BCUT2D eigenvalue weighted by Crippen LogP contribution is 2.23. The number of β-amino-alcohol motifs (C(OH)–C–C–N with tert-alkyl or cyclic N) is 1. The van der Waals surface area contributed by atoms with Crippen LogP contribution in [0.4, 0.5) is 0 Å². The number of aliphatic hydroxyl groups excluding tert-OH is 1. The number of hydrogen-bond acceptors (Lipinski definition) is 3. The maximum atomic E-state index is 11.8. The van der Waals surface area contributed by atoms with E-state index < -0.39 is 0 Å². The van der Waals surface area contributed by atoms with Gasteiger partial charge >= 0.3 is 0 Å². The van der Waals surface area contributed by atoms with Gasteiger partial charge in [-0.25, -0.2) is 0 Å². The Balaban J connectivity index is 1.67. The average Bonchev–Trinajstić information content (AvgIpc) is 2.83. The molecule has 1 aromatic rings. The number of rotatable bonds is 5. The van der Waals surface area contributed by atoms with E-state index in [1.54, 1.807) is 4.90 Å². The molecule has 104 valence electrons. The molecule has 0 radical (unpaired) electrons. The van der Waals surface area contributed by atoms with Crippen molar-refractivity contribution in [2.24, 2.45) is 0 Å². The van der Waals surface area contributed by atoms with E-state index in [-0.39, 0.29) is 12.0 Å². The molecule has 1 heterocycles. The van der Waals surface area contributed by atoms with Crippen molar-refractivity contribution >= 4 is 21.8 Å². The van der Waals surface area contributed by atoms with E-state index in [9.17, 15) is 9.90 Å². The molecule has 1 fully saturated rings. The normalized spacial score (nSPS) is 18.6. The van der Waals surface area contributed by atoms with Crippen molar-refractivity contribution in [2.45, 2.75) is 25.4 Å². The number of likely N-dealkylation sites (tertiary alicyclic amines) is 1. The first-order valence-corrected chi connectivity index (χ1v) is 7.29. The Morgan fingerprint density at radius 3 is 2.95 bits per heavy atom. The molecule has 1 saturated heterocycles. The van der Waals surface area contributed by atoms with Crippen LogP contribution in [0.5, 0.6) is 5.75 Å². The summed E-state index contributed by atoms with van der Waals surface area (Å²) in [6.07, 6.45) is 1.50. The maximum Gasteiger partial charge on any atom is 0.222 e. The number of halogens is 1. The predicted molar refractivity (Wildman–Crippen MR) is 76.1 cm³/mol. The van der Waals surface area contributed by atoms with Crippen molar-refractivity contribution in [1.82, 2.24) is 4.90 Å². The summed E-state index contributed by atoms with van der Waals surface area (Å²) >= 11 is 3.41. The zero-order valence-corrected chi connectivity index (χ0v) is 12.3. The fraction of sp³-hybridized carbons (Fsp3) is 0.500. The third-order valence-corrected chi connectivity index (χ3v) is 3.80. The molecule has 4 nitrogen and oxygen atoms in total. The van der Waals surface area contributed by atoms with E-state index in [0.29, 0.717) is 39.0 Å². The lowest BCUT2D eigenvalue weighted by atomic mass is 10.3. The number of hydrogen-bond donors (Lipinski definition) is 1. The van der Waals surface area contributed by atoms with Crippen LogP contribution in [0.3, 0.4) is 0 Å². The number of benzene rings is 1. The van der Waals surface area contributed by atoms with Gasteiger partial charge < -0.3 is 14.7 Å². The molecule has 1 atom stereocenters. The molecule has 19 heavy (non-hydrogen) atoms. The quantitative estimate of drug-likeness (QED) is 0.843. The summed E-state index contributed by atoms with van der Waals surface area (Å²) in [4.78, 5) is 13.5. The summed E-state index contributed by atoms with van der Waals surface area (Å²) in [7, 11) is 0. The largest absolute Gasteiger partial charge is 0.492 e. The van der Waals surface area contributed by atoms with E-state index in [0.717, 1.165) is 10.2 Å². The van der Waals surface area contributed by atoms with E-state index in [1.165, 1.54) is 0 Å². The maximum absolute atomic E-state index is 11.8. The number of nitrogens with zero attached hydrogens (tertiary/aromatic N) is 1. The van der Waals surface area contributed by atoms with Crippen LogP contribution in [-0.4, -0.2) is 41.7 Å². The minimum atomic E-state index is -0.347. The molecule has 0 unspecified atom stereocenters. The van der Waals surface area contributed by atoms with Crippen LogP contribution in [0.25, 0.3) is 0 Å². The first kappa shape index (κ1) is 14.3. The number of carbonyl (C=O) groups is 1. The summed E-state index contributed by atoms with van der Waals surface area (Å²) in [5, 5.41) is 9.38. The van der Waals surface area contributed by atoms with Gasteiger partial charge in [0, 0.05) is 19.5 Å². The zero-order valence-electron chi connectivity index (χ0n) is 10.7. The van der Waals surface area contributed by atoms with Gasteiger partial charge in [-0.15, -0.1) is 0 Å². The van der Waals surface area contributed by atoms with Crippen LogP contribution in [-0.2, 0) is 4.79 Å². The molecule has 1 amide bonds. The van der Waals surface area contributed by atoms with Crippen molar-refractivity contribution in [3.05, 3.63) is 28.7 Å². The number of ether oxygens (including phenoxy) is 1. The predicted octanol–water partition coefficient (Wildman–Crippen LogP) is 2.20. The standard InChI is InChI=1S/C14H18BrNO3/c15-12-4-1-2-5-13(12)19-9-3-6-14(18)16-8-7-11(17)10-16/h1-2,4-5,11,17H,3,6-10H2/t11-/m0/s1. The van der Waals surface area contributed by atoms with Crippen molar-refractivity contribution < 1.29 is 14.6 Å². The third-order valence-electron chi connectivity index (χ3n) is 3.15. The topological polar surface area (TPSA) is 49.8 Å². The molecular formula is C14H18BrNO3. The van der Waals surface area contributed by atoms with E-state index in [4.69, 9.17) is 4.74 Å². The number of carbonyl (C=O) groups excluding carboxylic acids is 1. The monoisotopic (exact) mass is 327 g/mol. The smallest absolute Gasteiger partial charge is 0.222 e. The lowest BCUT2D eigenvalue weighted by Gasteiger charge is -2.15. The second-order valence-electron chi connectivity index (χ2n) is 4.66. The van der Waals surface area contributed by atoms with E-state index in [2.05, 4.69) is 15.9 Å². The molecule has 0 spiro atoms. The Morgan fingerprint density at radius 2 is 2.26 bits per heavy atom. The van der Waals surface area contributed by atoms with E-state index in [1.807, 2.05) is 24.3 Å². The van der Waals surface area contributed by atoms with Gasteiger partial charge in [0.05, 0.1) is 17.2 Å². The first-order valence-electron chi connectivity index (χ1n) is 6.50. The van der Waals surface area contributed by atoms with Gasteiger partial charge in [0.25, 0.3) is 0 Å². The molecule has 2 rings (SSSR count). The fourth-order valence-corrected chi connectivity index (χ4v) is 2.49. The second-order valence-corrected chi connectivity index (χ2v) is 5.52. The summed E-state index contributed by atoms with van der Waals surface area (Å²) < 4.78 is 6.52. The molecule has 1 aliphatic rings. The second kappa shape index (κ2) is 6.91. The molecule has 0 saturated carbocycles. The van der Waals surface area contributed by atoms with Crippen molar-refractivity contribution in [1.29, 1.82) is 0 Å². The highest BCUT2D eigenvalue weighted by atomic mass is 79.9. The van der Waals surface area contributed by atoms with Gasteiger partial charge in [-0.3, -0.25) is 4.79 Å². The van der Waals surface area contributed by atoms with Crippen molar-refractivity contribution in [3.63, 3.8) is 0 Å². The molecule has 1 aliphatic heterocycles. The Hall–Kier alpha value is -1.07. The van der Waals surface area contributed by atoms with Crippen LogP contribution >= 0.6 is 15.9 Å². The molecule has 0 aliphatic carbocycles. The summed E-state index contributed by atoms with van der Waals surface area (Å²) in [6, 6.07) is 7.66. The van der Waals surface area contributed by atoms with Crippen LogP contribution in [0.1, 0.15) is 19.3 Å². The third kappa shape index (κ3) is 4.21. The molecule has 5 heteroatoms. The van der Waals surface area contributed by atoms with Crippen LogP contribution in [0.15, 0.2) is 28.7 Å². The molecule has 1 aromatic carbocycles. The summed E-state index contributed by atoms with van der Waals surface area (Å²) in [5.74, 6) is 0.902. The molecular weight excluding hydrogens is 310 g/mol. The SMILES string of the molecule is O=C(CCCOc1ccccc1Br)N1CC[C@H](O)C1. The molecule has 0 aromatic heterocycles. The van der Waals surface area contributed by atoms with Gasteiger partial charge in [0.2, 0.25) is 5.91 Å². The van der Waals surface area contributed by atoms with Crippen LogP contribution < -0.4 is 4.74 Å². The van der Waals surface area contributed by atoms with Crippen LogP contribution in [0.2, 0.25) is 0 Å². The minimum Gasteiger partial charge on any atom is -0.492 e. The summed E-state index contributed by atoms with van der Waals surface area (Å²) in [5.41, 5.74) is 0. The Kier molecular flexibility index (Phi) is 5.22. The number of aliphatic hydroxyl groups is 1.